The van der Waals surface area contributed by atoms with Crippen molar-refractivity contribution in [2.75, 3.05) is 13.1 Å². The van der Waals surface area contributed by atoms with Crippen molar-refractivity contribution in [2.45, 2.75) is 57.0 Å². The molecule has 44 heavy (non-hydrogen) atoms. The normalized spacial score (nSPS) is 23.5. The molecule has 1 amide bonds. The van der Waals surface area contributed by atoms with Crippen LogP contribution in [0, 0.1) is 17.2 Å². The zero-order chi connectivity index (χ0) is 31.6. The smallest absolute Gasteiger partial charge is 0.304 e. The highest BCUT2D eigenvalue weighted by Crippen LogP contribution is 2.54. The van der Waals surface area contributed by atoms with E-state index in [1.165, 1.54) is 10.4 Å². The number of carbonyl (C=O) groups excluding carboxylic acids is 1. The molecule has 1 aliphatic carbocycles. The zero-order valence-corrected chi connectivity index (χ0v) is 26.6. The van der Waals surface area contributed by atoms with Crippen LogP contribution in [0.2, 0.25) is 10.0 Å². The molecule has 2 fully saturated rings. The second-order valence-corrected chi connectivity index (χ2v) is 13.9. The Morgan fingerprint density at radius 1 is 1.07 bits per heavy atom. The molecule has 1 saturated heterocycles. The van der Waals surface area contributed by atoms with Gasteiger partial charge in [-0.25, -0.2) is 8.60 Å². The molecule has 0 spiro atoms. The van der Waals surface area contributed by atoms with E-state index >= 15 is 0 Å². The molecule has 1 saturated carbocycles. The summed E-state index contributed by atoms with van der Waals surface area (Å²) in [5.74, 6) is -2.07. The first-order valence-corrected chi connectivity index (χ1v) is 16.4. The van der Waals surface area contributed by atoms with Crippen LogP contribution < -0.4 is 0 Å². The SMILES string of the molecule is C[C@]1(CC(=O)O)C[C@H](c2cccc(Cl)c2)[C@@H](c2ccc(Cl)cc2)N([C@H](CN(CCc2ccccc2F)S(=O)O)C2CC2)C1=O. The third kappa shape index (κ3) is 7.35. The Balaban J connectivity index is 1.59. The van der Waals surface area contributed by atoms with Crippen molar-refractivity contribution in [3.8, 4) is 0 Å². The molecule has 5 rings (SSSR count). The summed E-state index contributed by atoms with van der Waals surface area (Å²) in [7, 11) is 0. The highest BCUT2D eigenvalue weighted by Gasteiger charge is 2.54. The van der Waals surface area contributed by atoms with Gasteiger partial charge < -0.3 is 10.0 Å². The third-order valence-corrected chi connectivity index (χ3v) is 10.1. The molecule has 2 aliphatic rings. The number of aliphatic carboxylic acids is 1. The number of carbonyl (C=O) groups is 2. The minimum atomic E-state index is -2.40. The maximum absolute atomic E-state index is 14.6. The first-order chi connectivity index (χ1) is 21.0. The van der Waals surface area contributed by atoms with Crippen molar-refractivity contribution < 1.29 is 27.8 Å². The van der Waals surface area contributed by atoms with Gasteiger partial charge in [0.1, 0.15) is 5.82 Å². The largest absolute Gasteiger partial charge is 0.481 e. The van der Waals surface area contributed by atoms with E-state index in [1.54, 1.807) is 48.2 Å². The molecule has 234 valence electrons. The average Bonchev–Trinajstić information content (AvgIpc) is 3.81. The molecule has 0 bridgehead atoms. The van der Waals surface area contributed by atoms with Gasteiger partial charge in [0.15, 0.2) is 0 Å². The van der Waals surface area contributed by atoms with Crippen LogP contribution in [0.5, 0.6) is 0 Å². The lowest BCUT2D eigenvalue weighted by molar-refractivity contribution is -0.161. The summed E-state index contributed by atoms with van der Waals surface area (Å²) < 4.78 is 38.8. The minimum Gasteiger partial charge on any atom is -0.481 e. The predicted molar refractivity (Wildman–Crippen MR) is 169 cm³/mol. The summed E-state index contributed by atoms with van der Waals surface area (Å²) >= 11 is 10.3. The molecule has 7 nitrogen and oxygen atoms in total. The highest BCUT2D eigenvalue weighted by molar-refractivity contribution is 7.76. The summed E-state index contributed by atoms with van der Waals surface area (Å²) in [6, 6.07) is 19.9. The Hall–Kier alpha value is -2.82. The third-order valence-electron chi connectivity index (χ3n) is 8.86. The topological polar surface area (TPSA) is 98.2 Å². The van der Waals surface area contributed by atoms with Crippen LogP contribution in [0.3, 0.4) is 0 Å². The highest BCUT2D eigenvalue weighted by atomic mass is 35.5. The Labute approximate surface area is 269 Å². The lowest BCUT2D eigenvalue weighted by Gasteiger charge is -2.52. The van der Waals surface area contributed by atoms with Gasteiger partial charge in [0.25, 0.3) is 0 Å². The van der Waals surface area contributed by atoms with Gasteiger partial charge in [-0.1, -0.05) is 72.6 Å². The van der Waals surface area contributed by atoms with Gasteiger partial charge in [-0.05, 0) is 78.6 Å². The Morgan fingerprint density at radius 3 is 2.39 bits per heavy atom. The summed E-state index contributed by atoms with van der Waals surface area (Å²) in [5, 5.41) is 11.0. The van der Waals surface area contributed by atoms with Gasteiger partial charge in [0, 0.05) is 35.1 Å². The zero-order valence-electron chi connectivity index (χ0n) is 24.2. The van der Waals surface area contributed by atoms with Gasteiger partial charge in [-0.3, -0.25) is 14.1 Å². The second kappa shape index (κ2) is 13.7. The number of carboxylic acids is 1. The molecule has 3 aromatic rings. The summed E-state index contributed by atoms with van der Waals surface area (Å²) in [6.45, 7) is 1.84. The van der Waals surface area contributed by atoms with Crippen LogP contribution in [0.4, 0.5) is 4.39 Å². The van der Waals surface area contributed by atoms with Crippen molar-refractivity contribution in [3.63, 3.8) is 0 Å². The van der Waals surface area contributed by atoms with Gasteiger partial charge in [-0.2, -0.15) is 4.31 Å². The molecule has 1 aliphatic heterocycles. The molecule has 3 aromatic carbocycles. The van der Waals surface area contributed by atoms with Crippen LogP contribution in [0.25, 0.3) is 0 Å². The standard InChI is InChI=1S/C33H35Cl2FN2O5S/c1-33(19-30(39)40)18-27(24-6-4-7-26(35)17-24)31(23-11-13-25(34)14-12-23)38(32(33)41)29(22-9-10-22)20-37(44(42)43)16-15-21-5-2-3-8-28(21)36/h2-8,11-14,17,22,27,29,31H,9-10,15-16,18-20H2,1H3,(H,39,40)(H,42,43)/t27-,29-,31-,33-/m1/s1. The van der Waals surface area contributed by atoms with E-state index in [4.69, 9.17) is 23.2 Å². The second-order valence-electron chi connectivity index (χ2n) is 12.1. The van der Waals surface area contributed by atoms with Crippen molar-refractivity contribution in [3.05, 3.63) is 105 Å². The van der Waals surface area contributed by atoms with Crippen molar-refractivity contribution in [1.29, 1.82) is 0 Å². The maximum atomic E-state index is 14.6. The molecular formula is C33H35Cl2FN2O5S. The number of halogens is 3. The fraction of sp³-hybridized carbons (Fsp3) is 0.394. The number of amides is 1. The predicted octanol–water partition coefficient (Wildman–Crippen LogP) is 7.13. The average molecular weight is 662 g/mol. The monoisotopic (exact) mass is 660 g/mol. The molecule has 1 unspecified atom stereocenters. The van der Waals surface area contributed by atoms with Gasteiger partial charge in [0.05, 0.1) is 17.9 Å². The van der Waals surface area contributed by atoms with Crippen LogP contribution in [-0.2, 0) is 27.3 Å². The summed E-state index contributed by atoms with van der Waals surface area (Å²) in [5.41, 5.74) is 0.863. The molecule has 0 aromatic heterocycles. The van der Waals surface area contributed by atoms with Crippen LogP contribution >= 0.6 is 23.2 Å². The van der Waals surface area contributed by atoms with E-state index in [2.05, 4.69) is 0 Å². The lowest BCUT2D eigenvalue weighted by atomic mass is 9.67. The number of carboxylic acid groups (broad SMARTS) is 1. The molecule has 2 N–H and O–H groups in total. The summed E-state index contributed by atoms with van der Waals surface area (Å²) in [6.07, 6.45) is 1.74. The molecular weight excluding hydrogens is 626 g/mol. The van der Waals surface area contributed by atoms with Gasteiger partial charge in [0.2, 0.25) is 17.2 Å². The van der Waals surface area contributed by atoms with Gasteiger partial charge >= 0.3 is 5.97 Å². The quantitative estimate of drug-likeness (QED) is 0.201. The number of piperidine rings is 1. The van der Waals surface area contributed by atoms with Crippen molar-refractivity contribution in [1.82, 2.24) is 9.21 Å². The lowest BCUT2D eigenvalue weighted by Crippen LogP contribution is -2.59. The molecule has 11 heteroatoms. The van der Waals surface area contributed by atoms with Crippen LogP contribution in [0.15, 0.2) is 72.8 Å². The van der Waals surface area contributed by atoms with Crippen molar-refractivity contribution >= 4 is 46.3 Å². The van der Waals surface area contributed by atoms with E-state index in [-0.39, 0.29) is 50.1 Å². The molecule has 0 radical (unpaired) electrons. The Bertz CT molecular complexity index is 1540. The number of hydrogen-bond acceptors (Lipinski definition) is 3. The number of likely N-dealkylation sites (tertiary alicyclic amines) is 1. The van der Waals surface area contributed by atoms with Crippen LogP contribution in [-0.4, -0.2) is 54.1 Å². The fourth-order valence-corrected chi connectivity index (χ4v) is 7.43. The number of nitrogens with zero attached hydrogens (tertiary/aromatic N) is 2. The molecule has 1 heterocycles. The van der Waals surface area contributed by atoms with E-state index in [0.29, 0.717) is 15.6 Å². The summed E-state index contributed by atoms with van der Waals surface area (Å²) in [4.78, 5) is 28.5. The Morgan fingerprint density at radius 2 is 1.77 bits per heavy atom. The van der Waals surface area contributed by atoms with Crippen LogP contribution in [0.1, 0.15) is 61.3 Å². The fourth-order valence-electron chi connectivity index (χ4n) is 6.58. The minimum absolute atomic E-state index is 0.0421. The number of benzene rings is 3. The first-order valence-electron chi connectivity index (χ1n) is 14.6. The molecule has 5 atom stereocenters. The van der Waals surface area contributed by atoms with E-state index < -0.39 is 40.6 Å². The van der Waals surface area contributed by atoms with Gasteiger partial charge in [-0.15, -0.1) is 0 Å². The maximum Gasteiger partial charge on any atom is 0.304 e. The number of hydrogen-bond donors (Lipinski definition) is 2. The van der Waals surface area contributed by atoms with E-state index in [1.807, 2.05) is 30.3 Å². The Kier molecular flexibility index (Phi) is 10.1. The van der Waals surface area contributed by atoms with Crippen molar-refractivity contribution in [2.24, 2.45) is 11.3 Å². The first kappa shape index (κ1) is 32.6. The number of rotatable bonds is 12. The van der Waals surface area contributed by atoms with E-state index in [0.717, 1.165) is 24.0 Å². The van der Waals surface area contributed by atoms with E-state index in [9.17, 15) is 27.8 Å².